The maximum atomic E-state index is 13.2. The Morgan fingerprint density at radius 2 is 1.79 bits per heavy atom. The fraction of sp³-hybridized carbons (Fsp3) is 0.364. The van der Waals surface area contributed by atoms with Gasteiger partial charge in [0.2, 0.25) is 0 Å². The zero-order valence-corrected chi connectivity index (χ0v) is 16.8. The number of amides is 1. The predicted molar refractivity (Wildman–Crippen MR) is 110 cm³/mol. The molecule has 2 N–H and O–H groups in total. The zero-order chi connectivity index (χ0) is 20.8. The van der Waals surface area contributed by atoms with Gasteiger partial charge in [0, 0.05) is 23.3 Å². The molecule has 0 saturated heterocycles. The van der Waals surface area contributed by atoms with Crippen LogP contribution in [0.3, 0.4) is 0 Å². The van der Waals surface area contributed by atoms with Gasteiger partial charge >= 0.3 is 5.97 Å². The van der Waals surface area contributed by atoms with Gasteiger partial charge in [0.05, 0.1) is 5.56 Å². The van der Waals surface area contributed by atoms with Crippen LogP contribution in [0.5, 0.6) is 0 Å². The molecule has 0 unspecified atom stereocenters. The van der Waals surface area contributed by atoms with Crippen molar-refractivity contribution in [1.82, 2.24) is 4.90 Å². The lowest BCUT2D eigenvalue weighted by atomic mass is 9.93. The number of nitrogens with zero attached hydrogens (tertiary/aromatic N) is 1. The highest BCUT2D eigenvalue weighted by molar-refractivity contribution is 6.31. The Bertz CT molecular complexity index is 867. The van der Waals surface area contributed by atoms with Crippen LogP contribution < -0.4 is 5.73 Å². The van der Waals surface area contributed by atoms with Gasteiger partial charge in [0.15, 0.2) is 6.61 Å². The van der Waals surface area contributed by atoms with E-state index in [1.165, 1.54) is 24.3 Å². The summed E-state index contributed by atoms with van der Waals surface area (Å²) >= 11 is 5.85. The summed E-state index contributed by atoms with van der Waals surface area (Å²) in [6, 6.07) is 10.6. The number of esters is 1. The second-order valence-corrected chi connectivity index (χ2v) is 7.68. The molecule has 29 heavy (non-hydrogen) atoms. The van der Waals surface area contributed by atoms with Gasteiger partial charge in [-0.2, -0.15) is 0 Å². The first kappa shape index (κ1) is 21.1. The number of halogens is 2. The first-order valence-corrected chi connectivity index (χ1v) is 10.1. The second kappa shape index (κ2) is 9.74. The van der Waals surface area contributed by atoms with Crippen molar-refractivity contribution in [2.24, 2.45) is 0 Å². The molecule has 5 nitrogen and oxygen atoms in total. The minimum atomic E-state index is -0.669. The van der Waals surface area contributed by atoms with Gasteiger partial charge in [-0.05, 0) is 48.7 Å². The molecule has 0 atom stereocenters. The smallest absolute Gasteiger partial charge is 0.340 e. The van der Waals surface area contributed by atoms with E-state index in [1.807, 2.05) is 0 Å². The molecule has 0 heterocycles. The van der Waals surface area contributed by atoms with E-state index >= 15 is 0 Å². The molecule has 1 saturated carbocycles. The molecule has 0 spiro atoms. The third-order valence-electron chi connectivity index (χ3n) is 5.16. The summed E-state index contributed by atoms with van der Waals surface area (Å²) in [6.07, 6.45) is 5.08. The van der Waals surface area contributed by atoms with E-state index in [9.17, 15) is 14.0 Å². The third kappa shape index (κ3) is 5.70. The number of anilines is 1. The van der Waals surface area contributed by atoms with Gasteiger partial charge in [-0.25, -0.2) is 9.18 Å². The van der Waals surface area contributed by atoms with E-state index in [0.29, 0.717) is 11.6 Å². The zero-order valence-electron chi connectivity index (χ0n) is 16.1. The molecular formula is C22H24ClFN2O3. The summed E-state index contributed by atoms with van der Waals surface area (Å²) < 4.78 is 18.4. The molecular weight excluding hydrogens is 395 g/mol. The molecule has 0 bridgehead atoms. The van der Waals surface area contributed by atoms with E-state index in [4.69, 9.17) is 22.1 Å². The summed E-state index contributed by atoms with van der Waals surface area (Å²) in [6.45, 7) is -0.0248. The maximum Gasteiger partial charge on any atom is 0.340 e. The van der Waals surface area contributed by atoms with Crippen molar-refractivity contribution in [2.45, 2.75) is 44.7 Å². The van der Waals surface area contributed by atoms with Crippen molar-refractivity contribution < 1.29 is 18.7 Å². The number of carbonyl (C=O) groups is 2. The molecule has 0 radical (unpaired) electrons. The lowest BCUT2D eigenvalue weighted by Gasteiger charge is -2.34. The van der Waals surface area contributed by atoms with Crippen LogP contribution in [-0.2, 0) is 16.1 Å². The van der Waals surface area contributed by atoms with Gasteiger partial charge in [-0.15, -0.1) is 0 Å². The Morgan fingerprint density at radius 1 is 1.10 bits per heavy atom. The molecule has 0 aromatic heterocycles. The standard InChI is InChI=1S/C22H24ClFN2O3/c23-16-8-11-19(20(25)12-16)22(28)29-14-21(27)26(18-4-2-1-3-5-18)13-15-6-9-17(24)10-7-15/h6-12,18H,1-5,13-14,25H2. The van der Waals surface area contributed by atoms with Crippen molar-refractivity contribution in [3.63, 3.8) is 0 Å². The quantitative estimate of drug-likeness (QED) is 0.550. The van der Waals surface area contributed by atoms with Gasteiger partial charge in [0.25, 0.3) is 5.91 Å². The number of nitrogen functional groups attached to an aromatic ring is 1. The highest BCUT2D eigenvalue weighted by atomic mass is 35.5. The van der Waals surface area contributed by atoms with Gasteiger partial charge in [-0.1, -0.05) is 43.0 Å². The topological polar surface area (TPSA) is 72.6 Å². The molecule has 1 aliphatic rings. The average molecular weight is 419 g/mol. The van der Waals surface area contributed by atoms with Crippen LogP contribution in [0, 0.1) is 5.82 Å². The number of hydrogen-bond acceptors (Lipinski definition) is 4. The highest BCUT2D eigenvalue weighted by Crippen LogP contribution is 2.25. The Balaban J connectivity index is 1.68. The van der Waals surface area contributed by atoms with Crippen molar-refractivity contribution in [1.29, 1.82) is 0 Å². The number of hydrogen-bond donors (Lipinski definition) is 1. The third-order valence-corrected chi connectivity index (χ3v) is 5.40. The van der Waals surface area contributed by atoms with E-state index in [-0.39, 0.29) is 35.6 Å². The second-order valence-electron chi connectivity index (χ2n) is 7.25. The van der Waals surface area contributed by atoms with Crippen molar-refractivity contribution >= 4 is 29.2 Å². The van der Waals surface area contributed by atoms with Crippen LogP contribution in [0.4, 0.5) is 10.1 Å². The number of ether oxygens (including phenoxy) is 1. The molecule has 1 amide bonds. The molecule has 1 aliphatic carbocycles. The Kier molecular flexibility index (Phi) is 7.09. The highest BCUT2D eigenvalue weighted by Gasteiger charge is 2.26. The Morgan fingerprint density at radius 3 is 2.45 bits per heavy atom. The first-order valence-electron chi connectivity index (χ1n) is 9.70. The van der Waals surface area contributed by atoms with Crippen molar-refractivity contribution in [3.05, 3.63) is 64.4 Å². The van der Waals surface area contributed by atoms with Gasteiger partial charge in [0.1, 0.15) is 5.82 Å². The summed E-state index contributed by atoms with van der Waals surface area (Å²) in [5.74, 6) is -1.27. The molecule has 7 heteroatoms. The summed E-state index contributed by atoms with van der Waals surface area (Å²) in [5.41, 5.74) is 7.01. The average Bonchev–Trinajstić information content (AvgIpc) is 2.72. The lowest BCUT2D eigenvalue weighted by Crippen LogP contribution is -2.43. The molecule has 1 fully saturated rings. The van der Waals surface area contributed by atoms with Crippen LogP contribution in [-0.4, -0.2) is 29.4 Å². The fourth-order valence-electron chi connectivity index (χ4n) is 3.61. The van der Waals surface area contributed by atoms with E-state index < -0.39 is 5.97 Å². The number of rotatable bonds is 6. The number of benzene rings is 2. The van der Waals surface area contributed by atoms with E-state index in [0.717, 1.165) is 37.7 Å². The Labute approximate surface area is 174 Å². The summed E-state index contributed by atoms with van der Waals surface area (Å²) in [4.78, 5) is 27.0. The minimum absolute atomic E-state index is 0.0839. The largest absolute Gasteiger partial charge is 0.452 e. The number of carbonyl (C=O) groups excluding carboxylic acids is 2. The molecule has 0 aliphatic heterocycles. The van der Waals surface area contributed by atoms with Gasteiger partial charge in [-0.3, -0.25) is 4.79 Å². The molecule has 154 valence electrons. The predicted octanol–water partition coefficient (Wildman–Crippen LogP) is 4.58. The summed E-state index contributed by atoms with van der Waals surface area (Å²) in [5, 5.41) is 0.415. The van der Waals surface area contributed by atoms with Crippen LogP contribution in [0.1, 0.15) is 48.0 Å². The lowest BCUT2D eigenvalue weighted by molar-refractivity contribution is -0.138. The van der Waals surface area contributed by atoms with Gasteiger partial charge < -0.3 is 15.4 Å². The van der Waals surface area contributed by atoms with Crippen molar-refractivity contribution in [3.8, 4) is 0 Å². The first-order chi connectivity index (χ1) is 13.9. The van der Waals surface area contributed by atoms with Crippen LogP contribution >= 0.6 is 11.6 Å². The van der Waals surface area contributed by atoms with Crippen LogP contribution in [0.2, 0.25) is 5.02 Å². The fourth-order valence-corrected chi connectivity index (χ4v) is 3.79. The monoisotopic (exact) mass is 418 g/mol. The summed E-state index contributed by atoms with van der Waals surface area (Å²) in [7, 11) is 0. The Hall–Kier alpha value is -2.60. The number of nitrogens with two attached hydrogens (primary N) is 1. The van der Waals surface area contributed by atoms with Crippen molar-refractivity contribution in [2.75, 3.05) is 12.3 Å². The normalized spacial score (nSPS) is 14.4. The molecule has 2 aromatic rings. The minimum Gasteiger partial charge on any atom is -0.452 e. The maximum absolute atomic E-state index is 13.2. The SMILES string of the molecule is Nc1cc(Cl)ccc1C(=O)OCC(=O)N(Cc1ccc(F)cc1)C1CCCCC1. The van der Waals surface area contributed by atoms with Crippen LogP contribution in [0.25, 0.3) is 0 Å². The van der Waals surface area contributed by atoms with E-state index in [2.05, 4.69) is 0 Å². The molecule has 3 rings (SSSR count). The molecule has 2 aromatic carbocycles. The van der Waals surface area contributed by atoms with E-state index in [1.54, 1.807) is 23.1 Å². The van der Waals surface area contributed by atoms with Crippen LogP contribution in [0.15, 0.2) is 42.5 Å².